The Kier molecular flexibility index (Phi) is 4.65. The van der Waals surface area contributed by atoms with Crippen molar-refractivity contribution in [3.8, 4) is 16.8 Å². The molecule has 0 aliphatic rings. The topological polar surface area (TPSA) is 31.2 Å². The van der Waals surface area contributed by atoms with Crippen LogP contribution in [0, 0.1) is 12.7 Å². The molecule has 0 saturated heterocycles. The van der Waals surface area contributed by atoms with Crippen molar-refractivity contribution < 1.29 is 13.9 Å². The van der Waals surface area contributed by atoms with E-state index >= 15 is 0 Å². The van der Waals surface area contributed by atoms with Crippen LogP contribution in [-0.4, -0.2) is 17.6 Å². The third-order valence-electron chi connectivity index (χ3n) is 4.85. The van der Waals surface area contributed by atoms with Gasteiger partial charge in [0, 0.05) is 32.9 Å². The molecule has 0 aliphatic carbocycles. The molecule has 0 amide bonds. The molecule has 3 aromatic carbocycles. The largest absolute Gasteiger partial charge is 0.465 e. The normalized spacial score (nSPS) is 11.0. The first kappa shape index (κ1) is 18.3. The van der Waals surface area contributed by atoms with Gasteiger partial charge in [-0.1, -0.05) is 35.9 Å². The van der Waals surface area contributed by atoms with Gasteiger partial charge in [0.25, 0.3) is 0 Å². The second-order valence-electron chi connectivity index (χ2n) is 6.48. The van der Waals surface area contributed by atoms with Gasteiger partial charge in [-0.25, -0.2) is 9.18 Å². The molecule has 0 bridgehead atoms. The highest BCUT2D eigenvalue weighted by molar-refractivity contribution is 6.33. The number of esters is 1. The average molecular weight is 394 g/mol. The Morgan fingerprint density at radius 3 is 2.43 bits per heavy atom. The third kappa shape index (κ3) is 2.96. The van der Waals surface area contributed by atoms with Gasteiger partial charge in [-0.05, 0) is 49.4 Å². The summed E-state index contributed by atoms with van der Waals surface area (Å²) in [6.45, 7) is 1.99. The van der Waals surface area contributed by atoms with E-state index in [4.69, 9.17) is 16.3 Å². The first-order valence-electron chi connectivity index (χ1n) is 8.75. The van der Waals surface area contributed by atoms with E-state index in [9.17, 15) is 9.18 Å². The molecule has 5 heteroatoms. The zero-order chi connectivity index (χ0) is 19.8. The number of carbonyl (C=O) groups is 1. The highest BCUT2D eigenvalue weighted by Gasteiger charge is 2.20. The van der Waals surface area contributed by atoms with Crippen LogP contribution in [0.4, 0.5) is 4.39 Å². The molecule has 0 radical (unpaired) electrons. The number of hydrogen-bond acceptors (Lipinski definition) is 2. The number of hydrogen-bond donors (Lipinski definition) is 0. The van der Waals surface area contributed by atoms with E-state index in [2.05, 4.69) is 0 Å². The van der Waals surface area contributed by atoms with E-state index in [1.807, 2.05) is 41.8 Å². The number of carbonyl (C=O) groups excluding carboxylic acids is 1. The van der Waals surface area contributed by atoms with Crippen molar-refractivity contribution in [1.82, 2.24) is 4.57 Å². The summed E-state index contributed by atoms with van der Waals surface area (Å²) in [6.07, 6.45) is 0. The van der Waals surface area contributed by atoms with Crippen molar-refractivity contribution >= 4 is 28.5 Å². The van der Waals surface area contributed by atoms with Gasteiger partial charge >= 0.3 is 5.97 Å². The summed E-state index contributed by atoms with van der Waals surface area (Å²) in [5, 5.41) is 1.59. The summed E-state index contributed by atoms with van der Waals surface area (Å²) in [5.74, 6) is -0.717. The summed E-state index contributed by atoms with van der Waals surface area (Å²) in [6, 6.07) is 19.3. The predicted octanol–water partition coefficient (Wildman–Crippen LogP) is 6.19. The number of methoxy groups -OCH3 is 1. The van der Waals surface area contributed by atoms with Gasteiger partial charge in [0.2, 0.25) is 0 Å². The molecule has 28 heavy (non-hydrogen) atoms. The minimum atomic E-state index is -0.411. The Morgan fingerprint density at radius 1 is 1.04 bits per heavy atom. The second kappa shape index (κ2) is 7.13. The molecule has 1 aromatic heterocycles. The zero-order valence-electron chi connectivity index (χ0n) is 15.4. The summed E-state index contributed by atoms with van der Waals surface area (Å²) in [5.41, 5.74) is 4.88. The number of fused-ring (bicyclic) bond motifs is 1. The standard InChI is InChI=1S/C23H17ClFNO2/c1-14-22(18-5-3-4-6-20(18)24)19-12-7-15(23(27)28-2)13-21(19)26(14)17-10-8-16(25)9-11-17/h3-13H,1-2H3. The monoisotopic (exact) mass is 393 g/mol. The maximum Gasteiger partial charge on any atom is 0.337 e. The van der Waals surface area contributed by atoms with Crippen LogP contribution < -0.4 is 0 Å². The predicted molar refractivity (Wildman–Crippen MR) is 110 cm³/mol. The molecule has 3 nitrogen and oxygen atoms in total. The van der Waals surface area contributed by atoms with Crippen molar-refractivity contribution in [3.05, 3.63) is 88.8 Å². The van der Waals surface area contributed by atoms with Crippen LogP contribution in [0.3, 0.4) is 0 Å². The molecule has 0 unspecified atom stereocenters. The number of halogens is 2. The van der Waals surface area contributed by atoms with Gasteiger partial charge in [-0.3, -0.25) is 0 Å². The molecule has 0 saturated carbocycles. The quantitative estimate of drug-likeness (QED) is 0.389. The van der Waals surface area contributed by atoms with E-state index in [1.165, 1.54) is 19.2 Å². The smallest absolute Gasteiger partial charge is 0.337 e. The Balaban J connectivity index is 2.09. The first-order chi connectivity index (χ1) is 13.5. The molecular formula is C23H17ClFNO2. The lowest BCUT2D eigenvalue weighted by molar-refractivity contribution is 0.0601. The van der Waals surface area contributed by atoms with Crippen LogP contribution in [0.1, 0.15) is 16.1 Å². The molecule has 0 atom stereocenters. The van der Waals surface area contributed by atoms with Crippen molar-refractivity contribution in [3.63, 3.8) is 0 Å². The van der Waals surface area contributed by atoms with Gasteiger partial charge in [0.1, 0.15) is 5.82 Å². The van der Waals surface area contributed by atoms with E-state index in [1.54, 1.807) is 24.3 Å². The Labute approximate surface area is 166 Å². The summed E-state index contributed by atoms with van der Waals surface area (Å²) in [7, 11) is 1.35. The summed E-state index contributed by atoms with van der Waals surface area (Å²) in [4.78, 5) is 12.1. The van der Waals surface area contributed by atoms with Gasteiger partial charge in [0.05, 0.1) is 18.2 Å². The zero-order valence-corrected chi connectivity index (χ0v) is 16.1. The van der Waals surface area contributed by atoms with E-state index in [-0.39, 0.29) is 5.82 Å². The number of benzene rings is 3. The molecular weight excluding hydrogens is 377 g/mol. The van der Waals surface area contributed by atoms with Crippen LogP contribution >= 0.6 is 11.6 Å². The van der Waals surface area contributed by atoms with Crippen molar-refractivity contribution in [1.29, 1.82) is 0 Å². The molecule has 4 rings (SSSR count). The van der Waals surface area contributed by atoms with Crippen molar-refractivity contribution in [2.75, 3.05) is 7.11 Å². The van der Waals surface area contributed by atoms with Crippen LogP contribution in [-0.2, 0) is 4.74 Å². The number of ether oxygens (including phenoxy) is 1. The fraction of sp³-hybridized carbons (Fsp3) is 0.0870. The average Bonchev–Trinajstić information content (AvgIpc) is 2.99. The van der Waals surface area contributed by atoms with Crippen LogP contribution in [0.2, 0.25) is 5.02 Å². The highest BCUT2D eigenvalue weighted by Crippen LogP contribution is 2.39. The molecule has 0 fully saturated rings. The van der Waals surface area contributed by atoms with Crippen molar-refractivity contribution in [2.24, 2.45) is 0 Å². The van der Waals surface area contributed by atoms with Gasteiger partial charge in [-0.15, -0.1) is 0 Å². The van der Waals surface area contributed by atoms with Gasteiger partial charge < -0.3 is 9.30 Å². The van der Waals surface area contributed by atoms with Gasteiger partial charge in [0.15, 0.2) is 0 Å². The van der Waals surface area contributed by atoms with Crippen LogP contribution in [0.5, 0.6) is 0 Å². The summed E-state index contributed by atoms with van der Waals surface area (Å²) < 4.78 is 20.3. The summed E-state index contributed by atoms with van der Waals surface area (Å²) >= 11 is 6.48. The van der Waals surface area contributed by atoms with E-state index < -0.39 is 5.97 Å². The SMILES string of the molecule is COC(=O)c1ccc2c(-c3ccccc3Cl)c(C)n(-c3ccc(F)cc3)c2c1. The maximum atomic E-state index is 13.5. The minimum absolute atomic E-state index is 0.306. The molecule has 0 aliphatic heterocycles. The van der Waals surface area contributed by atoms with Gasteiger partial charge in [-0.2, -0.15) is 0 Å². The fourth-order valence-corrected chi connectivity index (χ4v) is 3.82. The van der Waals surface area contributed by atoms with E-state index in [0.29, 0.717) is 10.6 Å². The number of nitrogens with zero attached hydrogens (tertiary/aromatic N) is 1. The lowest BCUT2D eigenvalue weighted by Crippen LogP contribution is -2.02. The Hall–Kier alpha value is -3.11. The van der Waals surface area contributed by atoms with Crippen molar-refractivity contribution in [2.45, 2.75) is 6.92 Å². The Bertz CT molecular complexity index is 1200. The molecule has 0 N–H and O–H groups in total. The molecule has 1 heterocycles. The maximum absolute atomic E-state index is 13.5. The van der Waals surface area contributed by atoms with E-state index in [0.717, 1.165) is 33.4 Å². The lowest BCUT2D eigenvalue weighted by Gasteiger charge is -2.10. The number of aromatic nitrogens is 1. The lowest BCUT2D eigenvalue weighted by atomic mass is 10.0. The number of rotatable bonds is 3. The minimum Gasteiger partial charge on any atom is -0.465 e. The molecule has 4 aromatic rings. The third-order valence-corrected chi connectivity index (χ3v) is 5.18. The molecule has 0 spiro atoms. The Morgan fingerprint density at radius 2 is 1.75 bits per heavy atom. The first-order valence-corrected chi connectivity index (χ1v) is 9.13. The highest BCUT2D eigenvalue weighted by atomic mass is 35.5. The van der Waals surface area contributed by atoms with Crippen LogP contribution in [0.15, 0.2) is 66.7 Å². The second-order valence-corrected chi connectivity index (χ2v) is 6.88. The fourth-order valence-electron chi connectivity index (χ4n) is 3.59. The molecule has 140 valence electrons. The van der Waals surface area contributed by atoms with Crippen LogP contribution in [0.25, 0.3) is 27.7 Å².